The molecular weight excluding hydrogens is 409 g/mol. The van der Waals surface area contributed by atoms with E-state index in [2.05, 4.69) is 22.6 Å². The van der Waals surface area contributed by atoms with Crippen LogP contribution in [0.3, 0.4) is 0 Å². The lowest BCUT2D eigenvalue weighted by Crippen LogP contribution is -2.44. The predicted molar refractivity (Wildman–Crippen MR) is 98.8 cm³/mol. The third-order valence-corrected chi connectivity index (χ3v) is 3.43. The van der Waals surface area contributed by atoms with Gasteiger partial charge in [-0.1, -0.05) is 12.1 Å². The molecular formula is C17H24INO4. The van der Waals surface area contributed by atoms with Crippen LogP contribution in [0, 0.1) is 10.5 Å². The number of ether oxygens (including phenoxy) is 2. The second-order valence-corrected chi connectivity index (χ2v) is 8.36. The molecule has 0 saturated carbocycles. The number of hydrogen-bond donors (Lipinski definition) is 0. The molecule has 0 aromatic heterocycles. The van der Waals surface area contributed by atoms with E-state index in [9.17, 15) is 9.59 Å². The number of hydrogen-bond acceptors (Lipinski definition) is 4. The van der Waals surface area contributed by atoms with E-state index in [1.807, 2.05) is 25.1 Å². The zero-order valence-electron chi connectivity index (χ0n) is 14.7. The van der Waals surface area contributed by atoms with E-state index in [-0.39, 0.29) is 0 Å². The number of carbonyl (C=O) groups is 2. The fourth-order valence-electron chi connectivity index (χ4n) is 1.78. The molecule has 0 unspecified atom stereocenters. The van der Waals surface area contributed by atoms with Crippen molar-refractivity contribution in [2.75, 3.05) is 4.90 Å². The molecule has 0 saturated heterocycles. The summed E-state index contributed by atoms with van der Waals surface area (Å²) in [5, 5.41) is 0. The average molecular weight is 433 g/mol. The smallest absolute Gasteiger partial charge is 0.424 e. The largest absolute Gasteiger partial charge is 0.443 e. The Morgan fingerprint density at radius 1 is 0.957 bits per heavy atom. The molecule has 0 aliphatic carbocycles. The highest BCUT2D eigenvalue weighted by molar-refractivity contribution is 14.1. The van der Waals surface area contributed by atoms with Crippen LogP contribution in [0.2, 0.25) is 0 Å². The minimum atomic E-state index is -0.751. The van der Waals surface area contributed by atoms with E-state index in [0.29, 0.717) is 5.69 Å². The fraction of sp³-hybridized carbons (Fsp3) is 0.529. The van der Waals surface area contributed by atoms with E-state index in [1.165, 1.54) is 0 Å². The van der Waals surface area contributed by atoms with Gasteiger partial charge in [-0.15, -0.1) is 0 Å². The number of imide groups is 1. The lowest BCUT2D eigenvalue weighted by atomic mass is 10.2. The van der Waals surface area contributed by atoms with Crippen LogP contribution in [0.15, 0.2) is 18.2 Å². The zero-order chi connectivity index (χ0) is 18.0. The van der Waals surface area contributed by atoms with Gasteiger partial charge in [0.25, 0.3) is 0 Å². The van der Waals surface area contributed by atoms with Gasteiger partial charge in [0.1, 0.15) is 11.2 Å². The van der Waals surface area contributed by atoms with Crippen molar-refractivity contribution in [3.8, 4) is 0 Å². The summed E-state index contributed by atoms with van der Waals surface area (Å²) >= 11 is 2.09. The summed E-state index contributed by atoms with van der Waals surface area (Å²) in [6.07, 6.45) is -1.50. The molecule has 0 radical (unpaired) electrons. The van der Waals surface area contributed by atoms with E-state index >= 15 is 0 Å². The molecule has 0 atom stereocenters. The summed E-state index contributed by atoms with van der Waals surface area (Å²) in [6, 6.07) is 5.52. The maximum absolute atomic E-state index is 12.6. The number of nitrogens with zero attached hydrogens (tertiary/aromatic N) is 1. The number of rotatable bonds is 1. The molecule has 23 heavy (non-hydrogen) atoms. The minimum absolute atomic E-state index is 0.483. The minimum Gasteiger partial charge on any atom is -0.443 e. The molecule has 6 heteroatoms. The molecule has 0 N–H and O–H groups in total. The first-order valence-corrected chi connectivity index (χ1v) is 8.41. The summed E-state index contributed by atoms with van der Waals surface area (Å²) in [7, 11) is 0. The maximum Gasteiger partial charge on any atom is 0.424 e. The van der Waals surface area contributed by atoms with Gasteiger partial charge >= 0.3 is 12.2 Å². The first-order chi connectivity index (χ1) is 10.3. The lowest BCUT2D eigenvalue weighted by molar-refractivity contribution is 0.0430. The number of anilines is 1. The van der Waals surface area contributed by atoms with Crippen molar-refractivity contribution in [1.29, 1.82) is 0 Å². The normalized spacial score (nSPS) is 11.8. The lowest BCUT2D eigenvalue weighted by Gasteiger charge is -2.29. The summed E-state index contributed by atoms with van der Waals surface area (Å²) in [4.78, 5) is 26.1. The second kappa shape index (κ2) is 7.07. The quantitative estimate of drug-likeness (QED) is 0.566. The van der Waals surface area contributed by atoms with Crippen LogP contribution in [0.5, 0.6) is 0 Å². The highest BCUT2D eigenvalue weighted by Crippen LogP contribution is 2.29. The number of para-hydroxylation sites is 1. The van der Waals surface area contributed by atoms with E-state index < -0.39 is 23.4 Å². The fourth-order valence-corrected chi connectivity index (χ4v) is 2.65. The van der Waals surface area contributed by atoms with Crippen LogP contribution in [0.1, 0.15) is 47.1 Å². The summed E-state index contributed by atoms with van der Waals surface area (Å²) < 4.78 is 11.5. The van der Waals surface area contributed by atoms with Crippen molar-refractivity contribution < 1.29 is 19.1 Å². The molecule has 1 rings (SSSR count). The Kier molecular flexibility index (Phi) is 6.06. The average Bonchev–Trinajstić information content (AvgIpc) is 2.28. The third kappa shape index (κ3) is 6.01. The van der Waals surface area contributed by atoms with Crippen molar-refractivity contribution in [3.05, 3.63) is 27.3 Å². The molecule has 0 spiro atoms. The van der Waals surface area contributed by atoms with Crippen LogP contribution in [0.4, 0.5) is 15.3 Å². The number of aryl methyl sites for hydroxylation is 1. The van der Waals surface area contributed by atoms with Crippen LogP contribution >= 0.6 is 22.6 Å². The Morgan fingerprint density at radius 3 is 1.74 bits per heavy atom. The summed E-state index contributed by atoms with van der Waals surface area (Å²) in [5.41, 5.74) is -0.165. The van der Waals surface area contributed by atoms with E-state index in [1.54, 1.807) is 41.5 Å². The molecule has 1 aromatic carbocycles. The molecule has 0 aliphatic rings. The topological polar surface area (TPSA) is 55.8 Å². The van der Waals surface area contributed by atoms with E-state index in [0.717, 1.165) is 14.0 Å². The Balaban J connectivity index is 3.32. The molecule has 128 valence electrons. The molecule has 0 bridgehead atoms. The van der Waals surface area contributed by atoms with Crippen molar-refractivity contribution >= 4 is 40.5 Å². The number of carbonyl (C=O) groups excluding carboxylic acids is 2. The second-order valence-electron chi connectivity index (χ2n) is 7.20. The predicted octanol–water partition coefficient (Wildman–Crippen LogP) is 5.28. The van der Waals surface area contributed by atoms with Crippen LogP contribution in [-0.2, 0) is 9.47 Å². The highest BCUT2D eigenvalue weighted by Gasteiger charge is 2.34. The van der Waals surface area contributed by atoms with Gasteiger partial charge in [-0.2, -0.15) is 4.90 Å². The first-order valence-electron chi connectivity index (χ1n) is 7.33. The van der Waals surface area contributed by atoms with Gasteiger partial charge in [-0.25, -0.2) is 9.59 Å². The van der Waals surface area contributed by atoms with Gasteiger partial charge in [0.05, 0.1) is 5.69 Å². The standard InChI is InChI=1S/C17H24INO4/c1-11-9-8-10-12(18)13(11)19(14(20)22-16(2,3)4)15(21)23-17(5,6)7/h8-10H,1-7H3. The Bertz CT molecular complexity index is 551. The monoisotopic (exact) mass is 433 g/mol. The molecule has 2 amide bonds. The van der Waals surface area contributed by atoms with Crippen LogP contribution in [0.25, 0.3) is 0 Å². The van der Waals surface area contributed by atoms with Gasteiger partial charge in [-0.05, 0) is 82.7 Å². The van der Waals surface area contributed by atoms with Crippen LogP contribution < -0.4 is 4.90 Å². The van der Waals surface area contributed by atoms with Crippen molar-refractivity contribution in [1.82, 2.24) is 0 Å². The molecule has 0 fully saturated rings. The third-order valence-electron chi connectivity index (χ3n) is 2.56. The van der Waals surface area contributed by atoms with E-state index in [4.69, 9.17) is 9.47 Å². The zero-order valence-corrected chi connectivity index (χ0v) is 16.8. The Hall–Kier alpha value is -1.31. The van der Waals surface area contributed by atoms with Gasteiger partial charge in [0.15, 0.2) is 0 Å². The maximum atomic E-state index is 12.6. The number of benzene rings is 1. The first kappa shape index (κ1) is 19.7. The summed E-state index contributed by atoms with van der Waals surface area (Å²) in [6.45, 7) is 12.3. The summed E-state index contributed by atoms with van der Waals surface area (Å²) in [5.74, 6) is 0. The van der Waals surface area contributed by atoms with Gasteiger partial charge in [0, 0.05) is 3.57 Å². The molecule has 1 aromatic rings. The Morgan fingerprint density at radius 2 is 1.39 bits per heavy atom. The highest BCUT2D eigenvalue weighted by atomic mass is 127. The number of amides is 2. The van der Waals surface area contributed by atoms with Crippen molar-refractivity contribution in [3.63, 3.8) is 0 Å². The SMILES string of the molecule is Cc1cccc(I)c1N(C(=O)OC(C)(C)C)C(=O)OC(C)(C)C. The molecule has 0 aliphatic heterocycles. The van der Waals surface area contributed by atoms with Crippen molar-refractivity contribution in [2.45, 2.75) is 59.7 Å². The van der Waals surface area contributed by atoms with Gasteiger partial charge in [0.2, 0.25) is 0 Å². The molecule has 5 nitrogen and oxygen atoms in total. The van der Waals surface area contributed by atoms with Gasteiger partial charge < -0.3 is 9.47 Å². The number of halogens is 1. The Labute approximate surface area is 151 Å². The van der Waals surface area contributed by atoms with Crippen LogP contribution in [-0.4, -0.2) is 23.4 Å². The molecule has 0 heterocycles. The van der Waals surface area contributed by atoms with Gasteiger partial charge in [-0.3, -0.25) is 0 Å². The van der Waals surface area contributed by atoms with Crippen molar-refractivity contribution in [2.24, 2.45) is 0 Å².